The van der Waals surface area contributed by atoms with Crippen LogP contribution in [0, 0.1) is 22.7 Å². The minimum absolute atomic E-state index is 0.355. The highest BCUT2D eigenvalue weighted by Gasteiger charge is 2.15. The van der Waals surface area contributed by atoms with Crippen LogP contribution in [0.15, 0.2) is 71.1 Å². The zero-order valence-electron chi connectivity index (χ0n) is 18.1. The third-order valence-electron chi connectivity index (χ3n) is 4.89. The largest absolute Gasteiger partial charge is 0.239 e. The van der Waals surface area contributed by atoms with Gasteiger partial charge in [0, 0.05) is 22.4 Å². The SMILES string of the molecule is C/C(=N\N=C(/C)c1nn(-c2ccc(Cl)cc2)cc1C#N)c1nn(-c2ccc(Cl)cc2)cc1C#N. The second kappa shape index (κ2) is 9.72. The molecule has 0 atom stereocenters. The number of rotatable bonds is 5. The second-order valence-electron chi connectivity index (χ2n) is 7.22. The Morgan fingerprint density at radius 2 is 1.06 bits per heavy atom. The van der Waals surface area contributed by atoms with Crippen LogP contribution in [-0.4, -0.2) is 31.0 Å². The van der Waals surface area contributed by atoms with Crippen LogP contribution in [0.5, 0.6) is 0 Å². The normalized spacial score (nSPS) is 11.8. The molecule has 0 bridgehead atoms. The highest BCUT2D eigenvalue weighted by Crippen LogP contribution is 2.18. The molecule has 4 aromatic rings. The second-order valence-corrected chi connectivity index (χ2v) is 8.09. The molecular formula is C24H16Cl2N8. The maximum Gasteiger partial charge on any atom is 0.126 e. The van der Waals surface area contributed by atoms with Gasteiger partial charge < -0.3 is 0 Å². The van der Waals surface area contributed by atoms with Crippen LogP contribution in [0.1, 0.15) is 36.4 Å². The molecule has 8 nitrogen and oxygen atoms in total. The summed E-state index contributed by atoms with van der Waals surface area (Å²) in [4.78, 5) is 0. The van der Waals surface area contributed by atoms with E-state index in [1.54, 1.807) is 84.1 Å². The molecule has 2 heterocycles. The molecule has 0 spiro atoms. The zero-order chi connectivity index (χ0) is 24.2. The van der Waals surface area contributed by atoms with Gasteiger partial charge in [0.1, 0.15) is 23.5 Å². The first kappa shape index (κ1) is 22.9. The van der Waals surface area contributed by atoms with Gasteiger partial charge in [-0.1, -0.05) is 23.2 Å². The van der Waals surface area contributed by atoms with Crippen LogP contribution in [0.4, 0.5) is 0 Å². The Balaban J connectivity index is 1.65. The standard InChI is InChI=1S/C24H16Cl2N8/c1-15(23-17(11-27)13-33(31-23)21-7-3-19(25)4-8-21)29-30-16(2)24-18(12-28)14-34(32-24)22-9-5-20(26)6-10-22/h3-10,13-14H,1-2H3/b29-15+,30-16+. The van der Waals surface area contributed by atoms with Crippen LogP contribution in [0.3, 0.4) is 0 Å². The van der Waals surface area contributed by atoms with Crippen molar-refractivity contribution in [2.75, 3.05) is 0 Å². The molecule has 166 valence electrons. The van der Waals surface area contributed by atoms with E-state index in [2.05, 4.69) is 32.5 Å². The molecule has 0 aliphatic carbocycles. The van der Waals surface area contributed by atoms with E-state index in [1.165, 1.54) is 0 Å². The van der Waals surface area contributed by atoms with Gasteiger partial charge in [-0.25, -0.2) is 9.36 Å². The van der Waals surface area contributed by atoms with E-state index < -0.39 is 0 Å². The van der Waals surface area contributed by atoms with Crippen molar-refractivity contribution in [2.45, 2.75) is 13.8 Å². The van der Waals surface area contributed by atoms with Crippen molar-refractivity contribution in [3.8, 4) is 23.5 Å². The van der Waals surface area contributed by atoms with E-state index in [9.17, 15) is 10.5 Å². The Kier molecular flexibility index (Phi) is 6.55. The number of aromatic nitrogens is 4. The van der Waals surface area contributed by atoms with Crippen LogP contribution in [0.2, 0.25) is 10.0 Å². The van der Waals surface area contributed by atoms with Crippen molar-refractivity contribution >= 4 is 34.6 Å². The summed E-state index contributed by atoms with van der Waals surface area (Å²) in [6.45, 7) is 3.42. The molecule has 4 rings (SSSR count). The molecule has 0 N–H and O–H groups in total. The molecule has 0 saturated heterocycles. The fourth-order valence-corrected chi connectivity index (χ4v) is 3.39. The minimum Gasteiger partial charge on any atom is -0.239 e. The summed E-state index contributed by atoms with van der Waals surface area (Å²) in [5, 5.41) is 37.8. The average Bonchev–Trinajstić information content (AvgIpc) is 3.48. The molecule has 0 unspecified atom stereocenters. The predicted octanol–water partition coefficient (Wildman–Crippen LogP) is 5.34. The monoisotopic (exact) mass is 486 g/mol. The summed E-state index contributed by atoms with van der Waals surface area (Å²) in [7, 11) is 0. The maximum atomic E-state index is 9.55. The molecule has 0 saturated carbocycles. The van der Waals surface area contributed by atoms with Crippen molar-refractivity contribution in [3.05, 3.63) is 93.5 Å². The Hall–Kier alpha value is -4.24. The van der Waals surface area contributed by atoms with Gasteiger partial charge in [-0.3, -0.25) is 0 Å². The Morgan fingerprint density at radius 3 is 1.38 bits per heavy atom. The van der Waals surface area contributed by atoms with Gasteiger partial charge in [-0.2, -0.15) is 30.9 Å². The first-order valence-electron chi connectivity index (χ1n) is 10.0. The predicted molar refractivity (Wildman–Crippen MR) is 131 cm³/mol. The lowest BCUT2D eigenvalue weighted by Crippen LogP contribution is -2.03. The third kappa shape index (κ3) is 4.74. The van der Waals surface area contributed by atoms with E-state index in [4.69, 9.17) is 23.2 Å². The summed E-state index contributed by atoms with van der Waals surface area (Å²) >= 11 is 11.9. The molecule has 2 aromatic carbocycles. The van der Waals surface area contributed by atoms with Crippen molar-refractivity contribution in [1.82, 2.24) is 19.6 Å². The average molecular weight is 487 g/mol. The van der Waals surface area contributed by atoms with Crippen molar-refractivity contribution in [2.24, 2.45) is 10.2 Å². The van der Waals surface area contributed by atoms with E-state index in [1.807, 2.05) is 0 Å². The van der Waals surface area contributed by atoms with Crippen molar-refractivity contribution in [3.63, 3.8) is 0 Å². The van der Waals surface area contributed by atoms with Gasteiger partial charge in [0.05, 0.1) is 33.9 Å². The number of nitrogens with zero attached hydrogens (tertiary/aromatic N) is 8. The van der Waals surface area contributed by atoms with Crippen molar-refractivity contribution in [1.29, 1.82) is 10.5 Å². The van der Waals surface area contributed by atoms with Gasteiger partial charge in [0.25, 0.3) is 0 Å². The van der Waals surface area contributed by atoms with Crippen LogP contribution < -0.4 is 0 Å². The number of hydrogen-bond acceptors (Lipinski definition) is 6. The number of benzene rings is 2. The number of hydrogen-bond donors (Lipinski definition) is 0. The highest BCUT2D eigenvalue weighted by molar-refractivity contribution is 6.30. The minimum atomic E-state index is 0.355. The molecule has 0 aliphatic rings. The summed E-state index contributed by atoms with van der Waals surface area (Å²) in [6.07, 6.45) is 3.24. The zero-order valence-corrected chi connectivity index (χ0v) is 19.6. The van der Waals surface area contributed by atoms with Gasteiger partial charge in [-0.15, -0.1) is 0 Å². The summed E-state index contributed by atoms with van der Waals surface area (Å²) in [6, 6.07) is 18.5. The summed E-state index contributed by atoms with van der Waals surface area (Å²) in [5.74, 6) is 0. The van der Waals surface area contributed by atoms with Gasteiger partial charge in [0.2, 0.25) is 0 Å². The fourth-order valence-electron chi connectivity index (χ4n) is 3.14. The highest BCUT2D eigenvalue weighted by atomic mass is 35.5. The van der Waals surface area contributed by atoms with Gasteiger partial charge >= 0.3 is 0 Å². The lowest BCUT2D eigenvalue weighted by atomic mass is 10.2. The molecule has 0 aliphatic heterocycles. The topological polar surface area (TPSA) is 108 Å². The van der Waals surface area contributed by atoms with E-state index in [0.717, 1.165) is 11.4 Å². The van der Waals surface area contributed by atoms with E-state index in [0.29, 0.717) is 44.0 Å². The number of halogens is 2. The molecule has 0 radical (unpaired) electrons. The van der Waals surface area contributed by atoms with Gasteiger partial charge in [0.15, 0.2) is 0 Å². The quantitative estimate of drug-likeness (QED) is 0.280. The van der Waals surface area contributed by atoms with Crippen molar-refractivity contribution < 1.29 is 0 Å². The Labute approximate surface area is 205 Å². The lowest BCUT2D eigenvalue weighted by molar-refractivity contribution is 0.873. The van der Waals surface area contributed by atoms with Crippen LogP contribution in [-0.2, 0) is 0 Å². The molecular weight excluding hydrogens is 471 g/mol. The maximum absolute atomic E-state index is 9.55. The molecule has 10 heteroatoms. The molecule has 0 amide bonds. The fraction of sp³-hybridized carbons (Fsp3) is 0.0833. The first-order chi connectivity index (χ1) is 16.4. The summed E-state index contributed by atoms with van der Waals surface area (Å²) < 4.78 is 3.17. The summed E-state index contributed by atoms with van der Waals surface area (Å²) in [5.41, 5.74) is 3.92. The smallest absolute Gasteiger partial charge is 0.126 e. The van der Waals surface area contributed by atoms with Crippen LogP contribution >= 0.6 is 23.2 Å². The molecule has 2 aromatic heterocycles. The molecule has 34 heavy (non-hydrogen) atoms. The van der Waals surface area contributed by atoms with Gasteiger partial charge in [-0.05, 0) is 62.4 Å². The molecule has 0 fully saturated rings. The van der Waals surface area contributed by atoms with E-state index >= 15 is 0 Å². The first-order valence-corrected chi connectivity index (χ1v) is 10.8. The van der Waals surface area contributed by atoms with Crippen LogP contribution in [0.25, 0.3) is 11.4 Å². The Morgan fingerprint density at radius 1 is 0.706 bits per heavy atom. The third-order valence-corrected chi connectivity index (χ3v) is 5.39. The number of nitriles is 2. The van der Waals surface area contributed by atoms with E-state index in [-0.39, 0.29) is 0 Å². The Bertz CT molecular complexity index is 1380. The lowest BCUT2D eigenvalue weighted by Gasteiger charge is -2.01.